The molecule has 0 fully saturated rings. The number of aromatic nitrogens is 3. The molecule has 6 heteroatoms. The van der Waals surface area contributed by atoms with Gasteiger partial charge in [0.2, 0.25) is 0 Å². The third kappa shape index (κ3) is 2.79. The van der Waals surface area contributed by atoms with Crippen LogP contribution >= 0.6 is 0 Å². The van der Waals surface area contributed by atoms with Crippen LogP contribution in [0.5, 0.6) is 0 Å². The van der Waals surface area contributed by atoms with E-state index in [1.807, 2.05) is 26.0 Å². The molecule has 0 aliphatic rings. The molecule has 2 aromatic heterocycles. The monoisotopic (exact) mass is 274 g/mol. The fourth-order valence-corrected chi connectivity index (χ4v) is 2.07. The van der Waals surface area contributed by atoms with Gasteiger partial charge in [-0.2, -0.15) is 0 Å². The number of hydrogen-bond acceptors (Lipinski definition) is 4. The lowest BCUT2D eigenvalue weighted by Gasteiger charge is -2.10. The van der Waals surface area contributed by atoms with E-state index < -0.39 is 5.56 Å². The molecule has 2 rings (SSSR count). The smallest absolute Gasteiger partial charge is 0.331 e. The van der Waals surface area contributed by atoms with Crippen LogP contribution in [0.4, 0.5) is 5.69 Å². The van der Waals surface area contributed by atoms with Gasteiger partial charge in [0.25, 0.3) is 5.56 Å². The Bertz CT molecular complexity index is 731. The summed E-state index contributed by atoms with van der Waals surface area (Å²) < 4.78 is 2.60. The molecule has 0 radical (unpaired) electrons. The van der Waals surface area contributed by atoms with Crippen molar-refractivity contribution in [2.75, 3.05) is 5.73 Å². The average Bonchev–Trinajstić information content (AvgIpc) is 2.41. The lowest BCUT2D eigenvalue weighted by molar-refractivity contribution is 0.569. The Morgan fingerprint density at radius 2 is 2.05 bits per heavy atom. The highest BCUT2D eigenvalue weighted by Gasteiger charge is 2.10. The van der Waals surface area contributed by atoms with Crippen molar-refractivity contribution in [3.63, 3.8) is 0 Å². The van der Waals surface area contributed by atoms with Gasteiger partial charge < -0.3 is 5.73 Å². The molecule has 2 heterocycles. The minimum atomic E-state index is -0.467. The first-order valence-electron chi connectivity index (χ1n) is 6.55. The lowest BCUT2D eigenvalue weighted by Crippen LogP contribution is -2.41. The summed E-state index contributed by atoms with van der Waals surface area (Å²) in [7, 11) is 0. The van der Waals surface area contributed by atoms with Crippen molar-refractivity contribution in [3.05, 3.63) is 56.6 Å². The minimum Gasteiger partial charge on any atom is -0.393 e. The Hall–Kier alpha value is -2.37. The summed E-state index contributed by atoms with van der Waals surface area (Å²) in [6.45, 7) is 4.49. The Balaban J connectivity index is 2.51. The van der Waals surface area contributed by atoms with Crippen LogP contribution in [0, 0.1) is 6.92 Å². The highest BCUT2D eigenvalue weighted by molar-refractivity contribution is 5.31. The van der Waals surface area contributed by atoms with Crippen LogP contribution in [0.15, 0.2) is 34.0 Å². The zero-order valence-electron chi connectivity index (χ0n) is 11.7. The molecule has 0 saturated heterocycles. The number of nitrogen functional groups attached to an aromatic ring is 1. The largest absolute Gasteiger partial charge is 0.393 e. The van der Waals surface area contributed by atoms with Gasteiger partial charge in [-0.3, -0.25) is 18.9 Å². The summed E-state index contributed by atoms with van der Waals surface area (Å²) in [5.74, 6) is 0. The minimum absolute atomic E-state index is 0.0747. The Morgan fingerprint density at radius 1 is 1.30 bits per heavy atom. The Morgan fingerprint density at radius 3 is 2.70 bits per heavy atom. The summed E-state index contributed by atoms with van der Waals surface area (Å²) in [5.41, 5.74) is 6.45. The van der Waals surface area contributed by atoms with E-state index >= 15 is 0 Å². The standard InChI is InChI=1S/C14H18N4O2/c1-3-7-17-9-12(15)13(19)18(14(17)20)8-11-6-4-5-10(2)16-11/h4-6,9H,3,7-8,15H2,1-2H3. The molecule has 6 nitrogen and oxygen atoms in total. The van der Waals surface area contributed by atoms with Crippen LogP contribution in [0.25, 0.3) is 0 Å². The number of nitrogens with two attached hydrogens (primary N) is 1. The van der Waals surface area contributed by atoms with Gasteiger partial charge in [0.1, 0.15) is 5.69 Å². The number of pyridine rings is 1. The highest BCUT2D eigenvalue weighted by atomic mass is 16.2. The van der Waals surface area contributed by atoms with Crippen molar-refractivity contribution in [1.82, 2.24) is 14.1 Å². The van der Waals surface area contributed by atoms with E-state index in [-0.39, 0.29) is 17.9 Å². The summed E-state index contributed by atoms with van der Waals surface area (Å²) in [6, 6.07) is 5.49. The summed E-state index contributed by atoms with van der Waals surface area (Å²) in [5, 5.41) is 0. The second kappa shape index (κ2) is 5.73. The molecule has 0 aliphatic carbocycles. The van der Waals surface area contributed by atoms with Crippen molar-refractivity contribution in [2.45, 2.75) is 33.4 Å². The maximum Gasteiger partial charge on any atom is 0.331 e. The zero-order valence-corrected chi connectivity index (χ0v) is 11.7. The maximum absolute atomic E-state index is 12.3. The summed E-state index contributed by atoms with van der Waals surface area (Å²) >= 11 is 0. The van der Waals surface area contributed by atoms with Crippen LogP contribution in [-0.4, -0.2) is 14.1 Å². The van der Waals surface area contributed by atoms with Gasteiger partial charge in [0.15, 0.2) is 0 Å². The van der Waals surface area contributed by atoms with Gasteiger partial charge in [0, 0.05) is 18.4 Å². The molecule has 0 amide bonds. The number of rotatable bonds is 4. The molecule has 0 saturated carbocycles. The molecule has 0 spiro atoms. The van der Waals surface area contributed by atoms with Gasteiger partial charge in [-0.15, -0.1) is 0 Å². The van der Waals surface area contributed by atoms with Crippen LogP contribution in [0.3, 0.4) is 0 Å². The van der Waals surface area contributed by atoms with Gasteiger partial charge in [-0.05, 0) is 25.5 Å². The van der Waals surface area contributed by atoms with Gasteiger partial charge in [-0.1, -0.05) is 13.0 Å². The van der Waals surface area contributed by atoms with E-state index in [1.54, 1.807) is 6.07 Å². The van der Waals surface area contributed by atoms with Gasteiger partial charge in [-0.25, -0.2) is 4.79 Å². The lowest BCUT2D eigenvalue weighted by atomic mass is 10.3. The van der Waals surface area contributed by atoms with E-state index in [9.17, 15) is 9.59 Å². The molecular weight excluding hydrogens is 256 g/mol. The SMILES string of the molecule is CCCn1cc(N)c(=O)n(Cc2cccc(C)n2)c1=O. The third-order valence-electron chi connectivity index (χ3n) is 2.99. The van der Waals surface area contributed by atoms with Gasteiger partial charge in [0.05, 0.1) is 12.2 Å². The van der Waals surface area contributed by atoms with Crippen molar-refractivity contribution >= 4 is 5.69 Å². The van der Waals surface area contributed by atoms with E-state index in [0.717, 1.165) is 16.7 Å². The molecular formula is C14H18N4O2. The zero-order chi connectivity index (χ0) is 14.7. The van der Waals surface area contributed by atoms with Crippen molar-refractivity contribution in [3.8, 4) is 0 Å². The highest BCUT2D eigenvalue weighted by Crippen LogP contribution is 2.00. The predicted octanol–water partition coefficient (Wildman–Crippen LogP) is 0.754. The number of hydrogen-bond donors (Lipinski definition) is 1. The molecule has 0 unspecified atom stereocenters. The molecule has 0 atom stereocenters. The molecule has 2 N–H and O–H groups in total. The topological polar surface area (TPSA) is 82.9 Å². The van der Waals surface area contributed by atoms with E-state index in [0.29, 0.717) is 12.2 Å². The van der Waals surface area contributed by atoms with Crippen molar-refractivity contribution < 1.29 is 0 Å². The fourth-order valence-electron chi connectivity index (χ4n) is 2.07. The number of nitrogens with zero attached hydrogens (tertiary/aromatic N) is 3. The third-order valence-corrected chi connectivity index (χ3v) is 2.99. The van der Waals surface area contributed by atoms with Crippen LogP contribution in [-0.2, 0) is 13.1 Å². The first kappa shape index (κ1) is 14.0. The maximum atomic E-state index is 12.3. The van der Waals surface area contributed by atoms with Gasteiger partial charge >= 0.3 is 5.69 Å². The first-order chi connectivity index (χ1) is 9.52. The predicted molar refractivity (Wildman–Crippen MR) is 77.7 cm³/mol. The Kier molecular flexibility index (Phi) is 4.02. The van der Waals surface area contributed by atoms with E-state index in [4.69, 9.17) is 5.73 Å². The molecule has 0 bridgehead atoms. The molecule has 106 valence electrons. The fraction of sp³-hybridized carbons (Fsp3) is 0.357. The summed E-state index contributed by atoms with van der Waals surface area (Å²) in [6.07, 6.45) is 2.20. The first-order valence-corrected chi connectivity index (χ1v) is 6.55. The summed E-state index contributed by atoms with van der Waals surface area (Å²) in [4.78, 5) is 28.6. The molecule has 2 aromatic rings. The normalized spacial score (nSPS) is 10.7. The van der Waals surface area contributed by atoms with E-state index in [1.165, 1.54) is 10.8 Å². The van der Waals surface area contributed by atoms with Crippen LogP contribution in [0.2, 0.25) is 0 Å². The molecule has 0 aromatic carbocycles. The molecule has 0 aliphatic heterocycles. The Labute approximate surface area is 116 Å². The van der Waals surface area contributed by atoms with Crippen molar-refractivity contribution in [2.24, 2.45) is 0 Å². The number of aryl methyl sites for hydroxylation is 2. The van der Waals surface area contributed by atoms with Crippen LogP contribution < -0.4 is 17.0 Å². The molecule has 20 heavy (non-hydrogen) atoms. The quantitative estimate of drug-likeness (QED) is 0.892. The van der Waals surface area contributed by atoms with Crippen LogP contribution in [0.1, 0.15) is 24.7 Å². The van der Waals surface area contributed by atoms with Crippen molar-refractivity contribution in [1.29, 1.82) is 0 Å². The van der Waals surface area contributed by atoms with E-state index in [2.05, 4.69) is 4.98 Å². The number of anilines is 1. The second-order valence-electron chi connectivity index (χ2n) is 4.72. The average molecular weight is 274 g/mol. The second-order valence-corrected chi connectivity index (χ2v) is 4.72.